The first kappa shape index (κ1) is 17.7. The fourth-order valence-electron chi connectivity index (χ4n) is 3.27. The van der Waals surface area contributed by atoms with Gasteiger partial charge in [0.1, 0.15) is 0 Å². The summed E-state index contributed by atoms with van der Waals surface area (Å²) in [6.07, 6.45) is 0.902. The fourth-order valence-corrected chi connectivity index (χ4v) is 4.14. The van der Waals surface area contributed by atoms with Crippen molar-refractivity contribution in [1.29, 1.82) is 0 Å². The van der Waals surface area contributed by atoms with E-state index in [0.717, 1.165) is 24.3 Å². The zero-order valence-corrected chi connectivity index (χ0v) is 16.4. The Morgan fingerprint density at radius 1 is 1.15 bits per heavy atom. The fraction of sp³-hybridized carbons (Fsp3) is 0.300. The molecule has 1 atom stereocenters. The van der Waals surface area contributed by atoms with Gasteiger partial charge in [-0.2, -0.15) is 4.68 Å². The summed E-state index contributed by atoms with van der Waals surface area (Å²) in [6, 6.07) is 14.2. The molecule has 0 radical (unpaired) electrons. The predicted octanol–water partition coefficient (Wildman–Crippen LogP) is 3.35. The van der Waals surface area contributed by atoms with E-state index < -0.39 is 0 Å². The average molecular weight is 379 g/mol. The third-order valence-electron chi connectivity index (χ3n) is 4.96. The van der Waals surface area contributed by atoms with Crippen LogP contribution >= 0.6 is 11.8 Å². The molecule has 0 fully saturated rings. The number of carbonyl (C=O) groups excluding carboxylic acids is 1. The third-order valence-corrected chi connectivity index (χ3v) is 5.98. The van der Waals surface area contributed by atoms with E-state index in [1.807, 2.05) is 36.1 Å². The lowest BCUT2D eigenvalue weighted by Gasteiger charge is -2.21. The van der Waals surface area contributed by atoms with Gasteiger partial charge in [-0.15, -0.1) is 5.10 Å². The van der Waals surface area contributed by atoms with Crippen molar-refractivity contribution in [2.75, 3.05) is 11.4 Å². The Hall–Kier alpha value is -2.67. The van der Waals surface area contributed by atoms with Crippen LogP contribution in [0.25, 0.3) is 5.69 Å². The van der Waals surface area contributed by atoms with Gasteiger partial charge in [0.25, 0.3) is 0 Å². The standard InChI is InChI=1S/C20H21N5OS/c1-13-8-9-17(12-14(13)2)25-20(21-22-23-25)27-15(3)19(26)24-11-10-16-6-4-5-7-18(16)24/h4-9,12,15H,10-11H2,1-3H3/t15-/m0/s1. The minimum absolute atomic E-state index is 0.0830. The monoisotopic (exact) mass is 379 g/mol. The molecule has 6 nitrogen and oxygen atoms in total. The van der Waals surface area contributed by atoms with E-state index in [4.69, 9.17) is 0 Å². The Morgan fingerprint density at radius 2 is 1.96 bits per heavy atom. The lowest BCUT2D eigenvalue weighted by molar-refractivity contribution is -0.117. The van der Waals surface area contributed by atoms with Crippen LogP contribution in [0.15, 0.2) is 47.6 Å². The SMILES string of the molecule is Cc1ccc(-n2nnnc2S[C@@H](C)C(=O)N2CCc3ccccc32)cc1C. The summed E-state index contributed by atoms with van der Waals surface area (Å²) in [5.41, 5.74) is 5.54. The second-order valence-corrected chi connectivity index (χ2v) is 8.08. The minimum Gasteiger partial charge on any atom is -0.311 e. The second-order valence-electron chi connectivity index (χ2n) is 6.77. The van der Waals surface area contributed by atoms with Gasteiger partial charge in [0, 0.05) is 12.2 Å². The summed E-state index contributed by atoms with van der Waals surface area (Å²) < 4.78 is 1.69. The van der Waals surface area contributed by atoms with Crippen LogP contribution in [-0.2, 0) is 11.2 Å². The molecule has 1 aliphatic rings. The number of carbonyl (C=O) groups is 1. The van der Waals surface area contributed by atoms with Crippen molar-refractivity contribution in [2.24, 2.45) is 0 Å². The molecule has 0 aliphatic carbocycles. The van der Waals surface area contributed by atoms with Crippen molar-refractivity contribution in [3.8, 4) is 5.69 Å². The van der Waals surface area contributed by atoms with Crippen molar-refractivity contribution >= 4 is 23.4 Å². The summed E-state index contributed by atoms with van der Waals surface area (Å²) >= 11 is 1.39. The zero-order valence-electron chi connectivity index (χ0n) is 15.6. The molecule has 138 valence electrons. The summed E-state index contributed by atoms with van der Waals surface area (Å²) in [4.78, 5) is 14.9. The third kappa shape index (κ3) is 3.35. The molecule has 1 aliphatic heterocycles. The molecule has 0 saturated carbocycles. The van der Waals surface area contributed by atoms with E-state index in [9.17, 15) is 4.79 Å². The summed E-state index contributed by atoms with van der Waals surface area (Å²) in [5.74, 6) is 0.0830. The van der Waals surface area contributed by atoms with Crippen LogP contribution in [-0.4, -0.2) is 37.9 Å². The van der Waals surface area contributed by atoms with E-state index in [2.05, 4.69) is 47.6 Å². The molecular formula is C20H21N5OS. The van der Waals surface area contributed by atoms with Crippen LogP contribution in [0.1, 0.15) is 23.6 Å². The van der Waals surface area contributed by atoms with Gasteiger partial charge in [-0.3, -0.25) is 4.79 Å². The first-order valence-corrected chi connectivity index (χ1v) is 9.84. The van der Waals surface area contributed by atoms with Crippen molar-refractivity contribution in [1.82, 2.24) is 20.2 Å². The van der Waals surface area contributed by atoms with Gasteiger partial charge >= 0.3 is 0 Å². The number of thioether (sulfide) groups is 1. The van der Waals surface area contributed by atoms with Gasteiger partial charge in [0.2, 0.25) is 11.1 Å². The van der Waals surface area contributed by atoms with Gasteiger partial charge < -0.3 is 4.90 Å². The molecule has 2 heterocycles. The molecule has 7 heteroatoms. The maximum Gasteiger partial charge on any atom is 0.240 e. The maximum absolute atomic E-state index is 13.0. The molecule has 1 amide bonds. The molecule has 27 heavy (non-hydrogen) atoms. The number of benzene rings is 2. The highest BCUT2D eigenvalue weighted by atomic mass is 32.2. The summed E-state index contributed by atoms with van der Waals surface area (Å²) in [5, 5.41) is 12.4. The zero-order chi connectivity index (χ0) is 19.0. The number of para-hydroxylation sites is 1. The van der Waals surface area contributed by atoms with Crippen LogP contribution in [0.3, 0.4) is 0 Å². The quantitative estimate of drug-likeness (QED) is 0.651. The Bertz CT molecular complexity index is 1000. The lowest BCUT2D eigenvalue weighted by Crippen LogP contribution is -2.35. The number of nitrogens with zero attached hydrogens (tertiary/aromatic N) is 5. The second kappa shape index (κ2) is 7.15. The van der Waals surface area contributed by atoms with Gasteiger partial charge in [-0.1, -0.05) is 36.0 Å². The molecule has 0 saturated heterocycles. The van der Waals surface area contributed by atoms with Gasteiger partial charge in [0.05, 0.1) is 10.9 Å². The number of aryl methyl sites for hydroxylation is 2. The number of fused-ring (bicyclic) bond motifs is 1. The minimum atomic E-state index is -0.285. The number of aromatic nitrogens is 4. The highest BCUT2D eigenvalue weighted by Crippen LogP contribution is 2.31. The molecule has 0 unspecified atom stereocenters. The van der Waals surface area contributed by atoms with Gasteiger partial charge in [-0.05, 0) is 72.5 Å². The number of anilines is 1. The molecule has 0 spiro atoms. The molecule has 2 aromatic carbocycles. The topological polar surface area (TPSA) is 63.9 Å². The molecule has 4 rings (SSSR count). The van der Waals surface area contributed by atoms with Crippen LogP contribution < -0.4 is 4.90 Å². The molecule has 0 N–H and O–H groups in total. The maximum atomic E-state index is 13.0. The van der Waals surface area contributed by atoms with E-state index in [1.54, 1.807) is 4.68 Å². The lowest BCUT2D eigenvalue weighted by atomic mass is 10.1. The van der Waals surface area contributed by atoms with E-state index in [-0.39, 0.29) is 11.2 Å². The first-order chi connectivity index (χ1) is 13.0. The van der Waals surface area contributed by atoms with E-state index in [0.29, 0.717) is 5.16 Å². The Kier molecular flexibility index (Phi) is 4.70. The molecule has 3 aromatic rings. The van der Waals surface area contributed by atoms with Gasteiger partial charge in [-0.25, -0.2) is 0 Å². The molecule has 0 bridgehead atoms. The highest BCUT2D eigenvalue weighted by Gasteiger charge is 2.29. The van der Waals surface area contributed by atoms with Crippen molar-refractivity contribution in [2.45, 2.75) is 37.6 Å². The van der Waals surface area contributed by atoms with Crippen LogP contribution in [0, 0.1) is 13.8 Å². The molecular weight excluding hydrogens is 358 g/mol. The normalized spacial score (nSPS) is 14.3. The highest BCUT2D eigenvalue weighted by molar-refractivity contribution is 8.00. The van der Waals surface area contributed by atoms with Gasteiger partial charge in [0.15, 0.2) is 0 Å². The van der Waals surface area contributed by atoms with Crippen molar-refractivity contribution in [3.63, 3.8) is 0 Å². The predicted molar refractivity (Wildman–Crippen MR) is 106 cm³/mol. The number of amides is 1. The summed E-state index contributed by atoms with van der Waals surface area (Å²) in [7, 11) is 0. The number of hydrogen-bond acceptors (Lipinski definition) is 5. The van der Waals surface area contributed by atoms with E-state index in [1.165, 1.54) is 28.5 Å². The van der Waals surface area contributed by atoms with Crippen molar-refractivity contribution < 1.29 is 4.79 Å². The van der Waals surface area contributed by atoms with E-state index >= 15 is 0 Å². The largest absolute Gasteiger partial charge is 0.311 e. The van der Waals surface area contributed by atoms with Crippen LogP contribution in [0.4, 0.5) is 5.69 Å². The van der Waals surface area contributed by atoms with Crippen LogP contribution in [0.2, 0.25) is 0 Å². The Morgan fingerprint density at radius 3 is 2.78 bits per heavy atom. The molecule has 1 aromatic heterocycles. The smallest absolute Gasteiger partial charge is 0.240 e. The summed E-state index contributed by atoms with van der Waals surface area (Å²) in [6.45, 7) is 6.77. The number of rotatable bonds is 4. The van der Waals surface area contributed by atoms with Crippen LogP contribution in [0.5, 0.6) is 0 Å². The average Bonchev–Trinajstić information content (AvgIpc) is 3.30. The Labute approximate surface area is 162 Å². The Balaban J connectivity index is 1.54. The van der Waals surface area contributed by atoms with Crippen molar-refractivity contribution in [3.05, 3.63) is 59.2 Å². The first-order valence-electron chi connectivity index (χ1n) is 8.96. The number of tetrazole rings is 1. The number of hydrogen-bond donors (Lipinski definition) is 0.